The van der Waals surface area contributed by atoms with E-state index >= 15 is 0 Å². The van der Waals surface area contributed by atoms with Crippen LogP contribution in [0.2, 0.25) is 5.15 Å². The number of carboxylic acids is 1. The van der Waals surface area contributed by atoms with Gasteiger partial charge in [0.2, 0.25) is 0 Å². The number of pyridine rings is 1. The molecule has 0 unspecified atom stereocenters. The summed E-state index contributed by atoms with van der Waals surface area (Å²) in [6.07, 6.45) is -1.45. The van der Waals surface area contributed by atoms with Crippen LogP contribution in [0.4, 0.5) is 4.79 Å². The summed E-state index contributed by atoms with van der Waals surface area (Å²) in [6, 6.07) is 12.1. The third kappa shape index (κ3) is 2.89. The monoisotopic (exact) mass is 346 g/mol. The van der Waals surface area contributed by atoms with Crippen molar-refractivity contribution in [1.29, 1.82) is 0 Å². The lowest BCUT2D eigenvalue weighted by atomic mass is 10.2. The van der Waals surface area contributed by atoms with Crippen LogP contribution in [0, 0.1) is 0 Å². The van der Waals surface area contributed by atoms with Crippen LogP contribution in [0.5, 0.6) is 5.75 Å². The molecule has 2 N–H and O–H groups in total. The molecular weight excluding hydrogens is 336 g/mol. The van der Waals surface area contributed by atoms with Crippen LogP contribution in [0.1, 0.15) is 16.1 Å². The summed E-state index contributed by atoms with van der Waals surface area (Å²) in [4.78, 5) is 26.5. The van der Waals surface area contributed by atoms with Crippen molar-refractivity contribution >= 4 is 34.7 Å². The fourth-order valence-electron chi connectivity index (χ4n) is 2.28. The lowest BCUT2D eigenvalue weighted by molar-refractivity contribution is 0.0684. The molecule has 0 amide bonds. The molecular formula is C16H11ClN2O5. The Morgan fingerprint density at radius 3 is 2.50 bits per heavy atom. The summed E-state index contributed by atoms with van der Waals surface area (Å²) in [5, 5.41) is 18.6. The predicted octanol–water partition coefficient (Wildman–Crippen LogP) is 3.49. The van der Waals surface area contributed by atoms with E-state index in [1.54, 1.807) is 0 Å². The van der Waals surface area contributed by atoms with Crippen molar-refractivity contribution in [2.45, 2.75) is 6.61 Å². The van der Waals surface area contributed by atoms with Crippen LogP contribution >= 0.6 is 11.6 Å². The normalized spacial score (nSPS) is 10.7. The van der Waals surface area contributed by atoms with Gasteiger partial charge in [-0.2, -0.15) is 0 Å². The molecule has 2 aromatic heterocycles. The first kappa shape index (κ1) is 15.8. The molecule has 0 atom stereocenters. The van der Waals surface area contributed by atoms with Gasteiger partial charge in [-0.15, -0.1) is 0 Å². The first-order chi connectivity index (χ1) is 11.5. The van der Waals surface area contributed by atoms with Crippen molar-refractivity contribution in [2.75, 3.05) is 0 Å². The number of fused-ring (bicyclic) bond motifs is 1. The lowest BCUT2D eigenvalue weighted by Gasteiger charge is -2.08. The van der Waals surface area contributed by atoms with E-state index in [-0.39, 0.29) is 23.2 Å². The van der Waals surface area contributed by atoms with E-state index in [0.29, 0.717) is 9.95 Å². The Morgan fingerprint density at radius 1 is 1.17 bits per heavy atom. The standard InChI is InChI=1S/C16H11ClN2O5/c17-13-12(24-8-9-4-2-1-3-5-9)7-10-6-11(15(20)21)19(16(22)23)14(10)18-13/h1-7H,8H2,(H,20,21)(H,22,23). The molecule has 0 fully saturated rings. The SMILES string of the molecule is O=C(O)c1cc2cc(OCc3ccccc3)c(Cl)nc2n1C(=O)O. The molecule has 0 aliphatic heterocycles. The third-order valence-electron chi connectivity index (χ3n) is 3.34. The van der Waals surface area contributed by atoms with Crippen molar-refractivity contribution in [1.82, 2.24) is 9.55 Å². The van der Waals surface area contributed by atoms with Gasteiger partial charge in [-0.05, 0) is 17.7 Å². The van der Waals surface area contributed by atoms with Crippen molar-refractivity contribution in [3.05, 3.63) is 58.9 Å². The zero-order valence-electron chi connectivity index (χ0n) is 12.1. The average molecular weight is 347 g/mol. The van der Waals surface area contributed by atoms with Gasteiger partial charge in [-0.1, -0.05) is 41.9 Å². The number of aromatic carboxylic acids is 1. The van der Waals surface area contributed by atoms with E-state index in [0.717, 1.165) is 5.56 Å². The molecule has 0 saturated carbocycles. The van der Waals surface area contributed by atoms with Gasteiger partial charge in [-0.3, -0.25) is 0 Å². The van der Waals surface area contributed by atoms with Crippen LogP contribution in [-0.4, -0.2) is 31.8 Å². The Hall–Kier alpha value is -3.06. The second kappa shape index (κ2) is 6.21. The van der Waals surface area contributed by atoms with Crippen LogP contribution < -0.4 is 4.74 Å². The van der Waals surface area contributed by atoms with E-state index in [1.807, 2.05) is 30.3 Å². The number of halogens is 1. The maximum atomic E-state index is 11.3. The number of ether oxygens (including phenoxy) is 1. The molecule has 0 spiro atoms. The number of benzene rings is 1. The molecule has 0 radical (unpaired) electrons. The summed E-state index contributed by atoms with van der Waals surface area (Å²) in [5.74, 6) is -1.13. The van der Waals surface area contributed by atoms with Gasteiger partial charge in [0.1, 0.15) is 12.3 Å². The Morgan fingerprint density at radius 2 is 1.88 bits per heavy atom. The minimum Gasteiger partial charge on any atom is -0.486 e. The topological polar surface area (TPSA) is 102 Å². The van der Waals surface area contributed by atoms with Crippen LogP contribution in [-0.2, 0) is 6.61 Å². The predicted molar refractivity (Wildman–Crippen MR) is 85.9 cm³/mol. The summed E-state index contributed by atoms with van der Waals surface area (Å²) in [6.45, 7) is 0.249. The highest BCUT2D eigenvalue weighted by atomic mass is 35.5. The number of hydrogen-bond acceptors (Lipinski definition) is 4. The minimum absolute atomic E-state index is 0.0454. The van der Waals surface area contributed by atoms with E-state index in [4.69, 9.17) is 21.4 Å². The summed E-state index contributed by atoms with van der Waals surface area (Å²) >= 11 is 6.05. The van der Waals surface area contributed by atoms with Crippen LogP contribution in [0.25, 0.3) is 11.0 Å². The van der Waals surface area contributed by atoms with E-state index in [9.17, 15) is 14.7 Å². The second-order valence-corrected chi connectivity index (χ2v) is 5.28. The van der Waals surface area contributed by atoms with E-state index in [2.05, 4.69) is 4.98 Å². The molecule has 7 nitrogen and oxygen atoms in total. The van der Waals surface area contributed by atoms with Crippen molar-refractivity contribution < 1.29 is 24.5 Å². The average Bonchev–Trinajstić information content (AvgIpc) is 2.92. The van der Waals surface area contributed by atoms with Crippen LogP contribution in [0.3, 0.4) is 0 Å². The Bertz CT molecular complexity index is 937. The van der Waals surface area contributed by atoms with Crippen LogP contribution in [0.15, 0.2) is 42.5 Å². The Labute approximate surface area is 140 Å². The minimum atomic E-state index is -1.45. The van der Waals surface area contributed by atoms with Gasteiger partial charge in [0.25, 0.3) is 0 Å². The van der Waals surface area contributed by atoms with Gasteiger partial charge in [-0.25, -0.2) is 19.1 Å². The molecule has 0 aliphatic carbocycles. The van der Waals surface area contributed by atoms with Crippen molar-refractivity contribution in [2.24, 2.45) is 0 Å². The molecule has 3 aromatic rings. The zero-order chi connectivity index (χ0) is 17.3. The number of nitrogens with zero attached hydrogens (tertiary/aromatic N) is 2. The van der Waals surface area contributed by atoms with Gasteiger partial charge in [0.15, 0.2) is 16.5 Å². The maximum absolute atomic E-state index is 11.3. The van der Waals surface area contributed by atoms with Gasteiger partial charge < -0.3 is 14.9 Å². The van der Waals surface area contributed by atoms with Gasteiger partial charge >= 0.3 is 12.1 Å². The Kier molecular flexibility index (Phi) is 4.09. The number of rotatable bonds is 4. The second-order valence-electron chi connectivity index (χ2n) is 4.92. The highest BCUT2D eigenvalue weighted by molar-refractivity contribution is 6.31. The van der Waals surface area contributed by atoms with Gasteiger partial charge in [0.05, 0.1) is 0 Å². The highest BCUT2D eigenvalue weighted by Crippen LogP contribution is 2.29. The molecule has 2 heterocycles. The molecule has 1 aromatic carbocycles. The van der Waals surface area contributed by atoms with Gasteiger partial charge in [0, 0.05) is 5.39 Å². The molecule has 24 heavy (non-hydrogen) atoms. The largest absolute Gasteiger partial charge is 0.486 e. The number of aromatic nitrogens is 2. The molecule has 122 valence electrons. The highest BCUT2D eigenvalue weighted by Gasteiger charge is 2.22. The molecule has 8 heteroatoms. The van der Waals surface area contributed by atoms with E-state index < -0.39 is 17.8 Å². The summed E-state index contributed by atoms with van der Waals surface area (Å²) in [5.41, 5.74) is 0.446. The number of carboxylic acid groups (broad SMARTS) is 2. The summed E-state index contributed by atoms with van der Waals surface area (Å²) in [7, 11) is 0. The first-order valence-electron chi connectivity index (χ1n) is 6.82. The maximum Gasteiger partial charge on any atom is 0.417 e. The smallest absolute Gasteiger partial charge is 0.417 e. The summed E-state index contributed by atoms with van der Waals surface area (Å²) < 4.78 is 6.18. The molecule has 3 rings (SSSR count). The first-order valence-corrected chi connectivity index (χ1v) is 7.20. The molecule has 0 aliphatic rings. The number of hydrogen-bond donors (Lipinski definition) is 2. The van der Waals surface area contributed by atoms with Crippen molar-refractivity contribution in [3.63, 3.8) is 0 Å². The molecule has 0 bridgehead atoms. The third-order valence-corrected chi connectivity index (χ3v) is 3.62. The fraction of sp³-hybridized carbons (Fsp3) is 0.0625. The fourth-order valence-corrected chi connectivity index (χ4v) is 2.47. The Balaban J connectivity index is 2.01. The van der Waals surface area contributed by atoms with Crippen molar-refractivity contribution in [3.8, 4) is 5.75 Å². The number of carbonyl (C=O) groups is 2. The molecule has 0 saturated heterocycles. The van der Waals surface area contributed by atoms with E-state index in [1.165, 1.54) is 12.1 Å². The zero-order valence-corrected chi connectivity index (χ0v) is 12.9. The lowest BCUT2D eigenvalue weighted by Crippen LogP contribution is -2.15. The quantitative estimate of drug-likeness (QED) is 0.701.